The van der Waals surface area contributed by atoms with Crippen molar-refractivity contribution in [3.05, 3.63) is 70.2 Å². The third kappa shape index (κ3) is 3.59. The number of halogens is 1. The molecule has 0 unspecified atom stereocenters. The van der Waals surface area contributed by atoms with Gasteiger partial charge in [-0.3, -0.25) is 0 Å². The van der Waals surface area contributed by atoms with Gasteiger partial charge in [0.15, 0.2) is 0 Å². The molecule has 0 aliphatic heterocycles. The fraction of sp³-hybridized carbons (Fsp3) is 0.250. The second-order valence-electron chi connectivity index (χ2n) is 4.65. The highest BCUT2D eigenvalue weighted by atomic mass is 35.5. The Morgan fingerprint density at radius 3 is 2.61 bits per heavy atom. The third-order valence-corrected chi connectivity index (χ3v) is 3.28. The van der Waals surface area contributed by atoms with Crippen molar-refractivity contribution in [2.75, 3.05) is 0 Å². The van der Waals surface area contributed by atoms with E-state index in [1.54, 1.807) is 0 Å². The van der Waals surface area contributed by atoms with Crippen molar-refractivity contribution in [1.82, 2.24) is 5.32 Å². The zero-order valence-electron chi connectivity index (χ0n) is 10.8. The van der Waals surface area contributed by atoms with Gasteiger partial charge >= 0.3 is 0 Å². The molecule has 18 heavy (non-hydrogen) atoms. The van der Waals surface area contributed by atoms with Crippen LogP contribution in [0, 0.1) is 6.92 Å². The van der Waals surface area contributed by atoms with Crippen LogP contribution < -0.4 is 5.32 Å². The molecule has 0 bridgehead atoms. The number of hydrogen-bond acceptors (Lipinski definition) is 1. The number of hydrogen-bond donors (Lipinski definition) is 1. The molecule has 0 saturated heterocycles. The zero-order valence-corrected chi connectivity index (χ0v) is 11.5. The molecule has 0 fully saturated rings. The largest absolute Gasteiger partial charge is 0.306 e. The Labute approximate surface area is 114 Å². The highest BCUT2D eigenvalue weighted by Gasteiger charge is 2.05. The minimum atomic E-state index is 0.296. The lowest BCUT2D eigenvalue weighted by Gasteiger charge is -2.14. The average molecular weight is 260 g/mol. The predicted molar refractivity (Wildman–Crippen MR) is 77.9 cm³/mol. The second-order valence-corrected chi connectivity index (χ2v) is 5.08. The summed E-state index contributed by atoms with van der Waals surface area (Å²) in [4.78, 5) is 0. The molecule has 0 saturated carbocycles. The Kier molecular flexibility index (Phi) is 4.40. The minimum Gasteiger partial charge on any atom is -0.306 e. The van der Waals surface area contributed by atoms with E-state index in [0.29, 0.717) is 6.04 Å². The van der Waals surface area contributed by atoms with Gasteiger partial charge in [0, 0.05) is 17.6 Å². The van der Waals surface area contributed by atoms with Crippen LogP contribution >= 0.6 is 11.6 Å². The van der Waals surface area contributed by atoms with Gasteiger partial charge < -0.3 is 5.32 Å². The van der Waals surface area contributed by atoms with Gasteiger partial charge in [0.25, 0.3) is 0 Å². The summed E-state index contributed by atoms with van der Waals surface area (Å²) < 4.78 is 0. The number of benzene rings is 2. The molecule has 2 heteroatoms. The molecule has 0 aliphatic carbocycles. The summed E-state index contributed by atoms with van der Waals surface area (Å²) in [5.41, 5.74) is 3.82. The number of aryl methyl sites for hydroxylation is 1. The first-order valence-corrected chi connectivity index (χ1v) is 6.57. The summed E-state index contributed by atoms with van der Waals surface area (Å²) >= 11 is 6.00. The Morgan fingerprint density at radius 1 is 1.11 bits per heavy atom. The lowest BCUT2D eigenvalue weighted by atomic mass is 10.1. The summed E-state index contributed by atoms with van der Waals surface area (Å²) in [6.45, 7) is 5.14. The minimum absolute atomic E-state index is 0.296. The quantitative estimate of drug-likeness (QED) is 0.853. The Balaban J connectivity index is 1.98. The van der Waals surface area contributed by atoms with Crippen LogP contribution in [0.5, 0.6) is 0 Å². The highest BCUT2D eigenvalue weighted by molar-refractivity contribution is 6.30. The molecule has 0 spiro atoms. The summed E-state index contributed by atoms with van der Waals surface area (Å²) in [6, 6.07) is 16.8. The van der Waals surface area contributed by atoms with Gasteiger partial charge in [0.2, 0.25) is 0 Å². The summed E-state index contributed by atoms with van der Waals surface area (Å²) in [5.74, 6) is 0. The maximum absolute atomic E-state index is 6.00. The Hall–Kier alpha value is -1.31. The molecular formula is C16H18ClN. The van der Waals surface area contributed by atoms with Crippen molar-refractivity contribution >= 4 is 11.6 Å². The van der Waals surface area contributed by atoms with Gasteiger partial charge in [0.05, 0.1) is 0 Å². The van der Waals surface area contributed by atoms with Crippen LogP contribution in [0.1, 0.15) is 29.7 Å². The van der Waals surface area contributed by atoms with Crippen LogP contribution in [-0.4, -0.2) is 0 Å². The molecule has 1 atom stereocenters. The molecular weight excluding hydrogens is 242 g/mol. The maximum Gasteiger partial charge on any atom is 0.0409 e. The van der Waals surface area contributed by atoms with E-state index in [2.05, 4.69) is 49.5 Å². The Bertz CT molecular complexity index is 522. The first-order valence-electron chi connectivity index (χ1n) is 6.19. The van der Waals surface area contributed by atoms with E-state index < -0.39 is 0 Å². The fourth-order valence-corrected chi connectivity index (χ4v) is 2.19. The molecule has 0 aliphatic rings. The van der Waals surface area contributed by atoms with E-state index in [1.807, 2.05) is 18.2 Å². The van der Waals surface area contributed by atoms with Crippen LogP contribution in [0.3, 0.4) is 0 Å². The standard InChI is InChI=1S/C16H18ClN/c1-12-5-3-6-14(9-12)11-18-13(2)15-7-4-8-16(17)10-15/h3-10,13,18H,11H2,1-2H3/t13-/m1/s1. The van der Waals surface area contributed by atoms with E-state index in [0.717, 1.165) is 11.6 Å². The number of rotatable bonds is 4. The van der Waals surface area contributed by atoms with Gasteiger partial charge in [-0.25, -0.2) is 0 Å². The highest BCUT2D eigenvalue weighted by Crippen LogP contribution is 2.17. The van der Waals surface area contributed by atoms with Crippen molar-refractivity contribution in [2.24, 2.45) is 0 Å². The van der Waals surface area contributed by atoms with Gasteiger partial charge in [0.1, 0.15) is 0 Å². The van der Waals surface area contributed by atoms with Crippen molar-refractivity contribution in [1.29, 1.82) is 0 Å². The van der Waals surface area contributed by atoms with Crippen molar-refractivity contribution in [3.63, 3.8) is 0 Å². The molecule has 94 valence electrons. The first-order chi connectivity index (χ1) is 8.65. The second kappa shape index (κ2) is 6.03. The third-order valence-electron chi connectivity index (χ3n) is 3.04. The van der Waals surface area contributed by atoms with Gasteiger partial charge in [-0.1, -0.05) is 53.6 Å². The molecule has 0 aromatic heterocycles. The van der Waals surface area contributed by atoms with Gasteiger partial charge in [-0.2, -0.15) is 0 Å². The van der Waals surface area contributed by atoms with E-state index in [1.165, 1.54) is 16.7 Å². The van der Waals surface area contributed by atoms with Crippen LogP contribution in [0.15, 0.2) is 48.5 Å². The normalized spacial score (nSPS) is 12.4. The lowest BCUT2D eigenvalue weighted by molar-refractivity contribution is 0.574. The maximum atomic E-state index is 6.00. The van der Waals surface area contributed by atoms with Crippen molar-refractivity contribution in [3.8, 4) is 0 Å². The van der Waals surface area contributed by atoms with Gasteiger partial charge in [-0.15, -0.1) is 0 Å². The van der Waals surface area contributed by atoms with Crippen LogP contribution in [0.2, 0.25) is 5.02 Å². The van der Waals surface area contributed by atoms with E-state index in [-0.39, 0.29) is 0 Å². The summed E-state index contributed by atoms with van der Waals surface area (Å²) in [7, 11) is 0. The van der Waals surface area contributed by atoms with Crippen LogP contribution in [0.4, 0.5) is 0 Å². The smallest absolute Gasteiger partial charge is 0.0409 e. The number of nitrogens with one attached hydrogen (secondary N) is 1. The molecule has 0 amide bonds. The molecule has 2 aromatic carbocycles. The topological polar surface area (TPSA) is 12.0 Å². The van der Waals surface area contributed by atoms with Crippen LogP contribution in [0.25, 0.3) is 0 Å². The zero-order chi connectivity index (χ0) is 13.0. The van der Waals surface area contributed by atoms with E-state index in [9.17, 15) is 0 Å². The van der Waals surface area contributed by atoms with E-state index >= 15 is 0 Å². The molecule has 1 N–H and O–H groups in total. The average Bonchev–Trinajstić information content (AvgIpc) is 2.36. The molecule has 2 aromatic rings. The summed E-state index contributed by atoms with van der Waals surface area (Å²) in [5, 5.41) is 4.30. The Morgan fingerprint density at radius 2 is 1.89 bits per heavy atom. The van der Waals surface area contributed by atoms with Crippen molar-refractivity contribution < 1.29 is 0 Å². The fourth-order valence-electron chi connectivity index (χ4n) is 1.99. The molecule has 1 nitrogen and oxygen atoms in total. The predicted octanol–water partition coefficient (Wildman–Crippen LogP) is 4.50. The molecule has 0 radical (unpaired) electrons. The first kappa shape index (κ1) is 13.1. The summed E-state index contributed by atoms with van der Waals surface area (Å²) in [6.07, 6.45) is 0. The SMILES string of the molecule is Cc1cccc(CN[C@H](C)c2cccc(Cl)c2)c1. The monoisotopic (exact) mass is 259 g/mol. The van der Waals surface area contributed by atoms with E-state index in [4.69, 9.17) is 11.6 Å². The van der Waals surface area contributed by atoms with Gasteiger partial charge in [-0.05, 0) is 37.1 Å². The lowest BCUT2D eigenvalue weighted by Crippen LogP contribution is -2.18. The van der Waals surface area contributed by atoms with Crippen LogP contribution in [-0.2, 0) is 6.54 Å². The molecule has 2 rings (SSSR count). The van der Waals surface area contributed by atoms with Crippen molar-refractivity contribution in [2.45, 2.75) is 26.4 Å². The molecule has 0 heterocycles.